The molecule has 1 aliphatic heterocycles. The predicted molar refractivity (Wildman–Crippen MR) is 99.5 cm³/mol. The van der Waals surface area contributed by atoms with E-state index in [1.165, 1.54) is 4.90 Å². The molecule has 6 nitrogen and oxygen atoms in total. The second-order valence-corrected chi connectivity index (χ2v) is 5.56. The summed E-state index contributed by atoms with van der Waals surface area (Å²) in [6.07, 6.45) is 1.69. The van der Waals surface area contributed by atoms with Gasteiger partial charge in [0.1, 0.15) is 23.2 Å². The number of amides is 1. The summed E-state index contributed by atoms with van der Waals surface area (Å²) in [5.41, 5.74) is 7.45. The quantitative estimate of drug-likeness (QED) is 0.893. The van der Waals surface area contributed by atoms with Crippen LogP contribution in [0.5, 0.6) is 5.75 Å². The minimum absolute atomic E-state index is 0.0103. The Bertz CT molecular complexity index is 967. The minimum Gasteiger partial charge on any atom is -0.497 e. The van der Waals surface area contributed by atoms with Gasteiger partial charge in [0.05, 0.1) is 18.5 Å². The van der Waals surface area contributed by atoms with Crippen molar-refractivity contribution in [2.45, 2.75) is 0 Å². The number of carbonyl (C=O) groups excluding carboxylic acids is 1. The third-order valence-corrected chi connectivity index (χ3v) is 4.01. The van der Waals surface area contributed by atoms with Gasteiger partial charge in [-0.3, -0.25) is 15.1 Å². The van der Waals surface area contributed by atoms with Crippen LogP contribution in [0.25, 0.3) is 6.08 Å². The fourth-order valence-electron chi connectivity index (χ4n) is 2.66. The molecule has 0 unspecified atom stereocenters. The SMILES string of the molecule is COc1ccc(N2C(=N)/C(=C\c3ccccc3)C(N)=C(C#N)C2=O)cc1. The normalized spacial score (nSPS) is 16.0. The van der Waals surface area contributed by atoms with Crippen LogP contribution in [0, 0.1) is 16.7 Å². The maximum atomic E-state index is 12.7. The largest absolute Gasteiger partial charge is 0.497 e. The highest BCUT2D eigenvalue weighted by molar-refractivity contribution is 6.33. The first kappa shape index (κ1) is 17.0. The smallest absolute Gasteiger partial charge is 0.276 e. The van der Waals surface area contributed by atoms with Gasteiger partial charge in [-0.05, 0) is 35.9 Å². The number of methoxy groups -OCH3 is 1. The van der Waals surface area contributed by atoms with Crippen LogP contribution in [0.2, 0.25) is 0 Å². The minimum atomic E-state index is -0.620. The molecule has 0 aliphatic carbocycles. The molecule has 0 bridgehead atoms. The Hall–Kier alpha value is -3.85. The van der Waals surface area contributed by atoms with Gasteiger partial charge in [0.2, 0.25) is 0 Å². The lowest BCUT2D eigenvalue weighted by atomic mass is 9.97. The van der Waals surface area contributed by atoms with E-state index in [4.69, 9.17) is 15.9 Å². The molecule has 26 heavy (non-hydrogen) atoms. The number of hydrogen-bond acceptors (Lipinski definition) is 5. The molecular formula is C20H16N4O2. The lowest BCUT2D eigenvalue weighted by molar-refractivity contribution is -0.114. The Labute approximate surface area is 150 Å². The van der Waals surface area contributed by atoms with Crippen LogP contribution >= 0.6 is 0 Å². The summed E-state index contributed by atoms with van der Waals surface area (Å²) in [6.45, 7) is 0. The average molecular weight is 344 g/mol. The Balaban J connectivity index is 2.13. The van der Waals surface area contributed by atoms with Crippen molar-refractivity contribution in [2.75, 3.05) is 12.0 Å². The molecule has 0 radical (unpaired) electrons. The molecule has 2 aromatic rings. The van der Waals surface area contributed by atoms with Crippen molar-refractivity contribution in [1.29, 1.82) is 10.7 Å². The molecule has 1 heterocycles. The summed E-state index contributed by atoms with van der Waals surface area (Å²) in [6, 6.07) is 17.8. The highest BCUT2D eigenvalue weighted by Crippen LogP contribution is 2.29. The van der Waals surface area contributed by atoms with Crippen molar-refractivity contribution in [3.63, 3.8) is 0 Å². The first-order valence-corrected chi connectivity index (χ1v) is 7.81. The molecule has 0 saturated carbocycles. The van der Waals surface area contributed by atoms with Crippen LogP contribution in [0.1, 0.15) is 5.56 Å². The van der Waals surface area contributed by atoms with Gasteiger partial charge in [0, 0.05) is 5.57 Å². The zero-order chi connectivity index (χ0) is 18.7. The van der Waals surface area contributed by atoms with Gasteiger partial charge in [0.15, 0.2) is 0 Å². The number of nitrogens with one attached hydrogen (secondary N) is 1. The van der Waals surface area contributed by atoms with E-state index in [9.17, 15) is 10.1 Å². The van der Waals surface area contributed by atoms with Gasteiger partial charge < -0.3 is 10.5 Å². The predicted octanol–water partition coefficient (Wildman–Crippen LogP) is 2.84. The highest BCUT2D eigenvalue weighted by Gasteiger charge is 2.34. The fourth-order valence-corrected chi connectivity index (χ4v) is 2.66. The van der Waals surface area contributed by atoms with Crippen molar-refractivity contribution in [1.82, 2.24) is 0 Å². The van der Waals surface area contributed by atoms with Gasteiger partial charge in [-0.1, -0.05) is 30.3 Å². The van der Waals surface area contributed by atoms with Gasteiger partial charge >= 0.3 is 0 Å². The summed E-state index contributed by atoms with van der Waals surface area (Å²) < 4.78 is 5.12. The Kier molecular flexibility index (Phi) is 4.54. The Morgan fingerprint density at radius 2 is 1.81 bits per heavy atom. The van der Waals surface area contributed by atoms with Crippen molar-refractivity contribution < 1.29 is 9.53 Å². The molecule has 6 heteroatoms. The van der Waals surface area contributed by atoms with E-state index in [1.807, 2.05) is 36.4 Å². The number of amidine groups is 1. The van der Waals surface area contributed by atoms with Crippen molar-refractivity contribution in [3.8, 4) is 11.8 Å². The summed E-state index contributed by atoms with van der Waals surface area (Å²) in [4.78, 5) is 13.9. The average Bonchev–Trinajstić information content (AvgIpc) is 2.67. The molecule has 128 valence electrons. The summed E-state index contributed by atoms with van der Waals surface area (Å²) in [5.74, 6) is -0.0775. The van der Waals surface area contributed by atoms with Gasteiger partial charge in [-0.15, -0.1) is 0 Å². The Morgan fingerprint density at radius 3 is 2.38 bits per heavy atom. The van der Waals surface area contributed by atoms with Crippen molar-refractivity contribution in [3.05, 3.63) is 77.0 Å². The van der Waals surface area contributed by atoms with Gasteiger partial charge in [-0.2, -0.15) is 5.26 Å². The standard InChI is InChI=1S/C20H16N4O2/c1-26-15-9-7-14(8-10-15)24-19(23)16(11-13-5-3-2-4-6-13)18(22)17(12-21)20(24)25/h2-11,23H,22H2,1H3/b16-11-,23-19?. The zero-order valence-corrected chi connectivity index (χ0v) is 14.1. The van der Waals surface area contributed by atoms with Crippen LogP contribution in [0.15, 0.2) is 71.4 Å². The van der Waals surface area contributed by atoms with E-state index in [-0.39, 0.29) is 17.1 Å². The number of hydrogen-bond donors (Lipinski definition) is 2. The molecule has 0 spiro atoms. The van der Waals surface area contributed by atoms with Crippen molar-refractivity contribution >= 4 is 23.5 Å². The monoisotopic (exact) mass is 344 g/mol. The second kappa shape index (κ2) is 6.95. The van der Waals surface area contributed by atoms with Crippen LogP contribution in [-0.2, 0) is 4.79 Å². The Morgan fingerprint density at radius 1 is 1.15 bits per heavy atom. The third-order valence-electron chi connectivity index (χ3n) is 4.01. The van der Waals surface area contributed by atoms with Crippen molar-refractivity contribution in [2.24, 2.45) is 5.73 Å². The third kappa shape index (κ3) is 2.94. The van der Waals surface area contributed by atoms with E-state index >= 15 is 0 Å². The molecule has 0 aromatic heterocycles. The summed E-state index contributed by atoms with van der Waals surface area (Å²) in [7, 11) is 1.54. The number of anilines is 1. The van der Waals surface area contributed by atoms with Crippen LogP contribution in [0.3, 0.4) is 0 Å². The lowest BCUT2D eigenvalue weighted by Crippen LogP contribution is -2.44. The topological polar surface area (TPSA) is 103 Å². The van der Waals surface area contributed by atoms with Gasteiger partial charge in [-0.25, -0.2) is 0 Å². The number of nitrogens with two attached hydrogens (primary N) is 1. The number of benzene rings is 2. The number of carbonyl (C=O) groups is 1. The number of nitrogens with zero attached hydrogens (tertiary/aromatic N) is 2. The van der Waals surface area contributed by atoms with Crippen LogP contribution in [-0.4, -0.2) is 18.9 Å². The summed E-state index contributed by atoms with van der Waals surface area (Å²) in [5, 5.41) is 17.9. The second-order valence-electron chi connectivity index (χ2n) is 5.56. The molecule has 3 rings (SSSR count). The van der Waals surface area contributed by atoms with Gasteiger partial charge in [0.25, 0.3) is 5.91 Å². The number of nitriles is 1. The molecular weight excluding hydrogens is 328 g/mol. The van der Waals surface area contributed by atoms with E-state index < -0.39 is 5.91 Å². The number of ether oxygens (including phenoxy) is 1. The number of rotatable bonds is 3. The molecule has 1 amide bonds. The molecule has 2 aromatic carbocycles. The maximum absolute atomic E-state index is 12.7. The first-order chi connectivity index (χ1) is 12.6. The molecule has 1 aliphatic rings. The highest BCUT2D eigenvalue weighted by atomic mass is 16.5. The van der Waals surface area contributed by atoms with E-state index in [1.54, 1.807) is 37.5 Å². The zero-order valence-electron chi connectivity index (χ0n) is 14.1. The lowest BCUT2D eigenvalue weighted by Gasteiger charge is -2.29. The molecule has 0 fully saturated rings. The first-order valence-electron chi connectivity index (χ1n) is 7.81. The fraction of sp³-hybridized carbons (Fsp3) is 0.0500. The van der Waals surface area contributed by atoms with E-state index in [0.717, 1.165) is 5.56 Å². The maximum Gasteiger partial charge on any atom is 0.276 e. The molecule has 0 atom stereocenters. The molecule has 3 N–H and O–H groups in total. The van der Waals surface area contributed by atoms with Crippen LogP contribution in [0.4, 0.5) is 5.69 Å². The van der Waals surface area contributed by atoms with E-state index in [2.05, 4.69) is 0 Å². The van der Waals surface area contributed by atoms with Crippen LogP contribution < -0.4 is 15.4 Å². The van der Waals surface area contributed by atoms with E-state index in [0.29, 0.717) is 17.0 Å². The molecule has 0 saturated heterocycles. The summed E-state index contributed by atoms with van der Waals surface area (Å²) >= 11 is 0.